The Bertz CT molecular complexity index is 1110. The van der Waals surface area contributed by atoms with Gasteiger partial charge in [0.2, 0.25) is 12.0 Å². The standard InChI is InChI=1S/C26H23NO5/c1-18-10-8-9-11-19(18)16-17-22(28)27-23(20-12-4-2-5-13-20)24(25(29)30)32-26(31)21-14-6-3-7-15-21/h2-17,23-24H,1H3,(H,27,28)(H,29,30)/t23-,24?/m0/s1. The Kier molecular flexibility index (Phi) is 7.54. The number of carboxylic acids is 1. The lowest BCUT2D eigenvalue weighted by Gasteiger charge is -2.25. The van der Waals surface area contributed by atoms with Gasteiger partial charge < -0.3 is 15.2 Å². The van der Waals surface area contributed by atoms with E-state index in [9.17, 15) is 19.5 Å². The molecule has 1 unspecified atom stereocenters. The number of hydrogen-bond donors (Lipinski definition) is 2. The van der Waals surface area contributed by atoms with E-state index in [0.717, 1.165) is 11.1 Å². The topological polar surface area (TPSA) is 92.7 Å². The predicted molar refractivity (Wildman–Crippen MR) is 121 cm³/mol. The highest BCUT2D eigenvalue weighted by molar-refractivity contribution is 5.94. The molecular weight excluding hydrogens is 406 g/mol. The Morgan fingerprint density at radius 3 is 2.09 bits per heavy atom. The number of hydrogen-bond acceptors (Lipinski definition) is 4. The van der Waals surface area contributed by atoms with E-state index in [1.54, 1.807) is 54.6 Å². The largest absolute Gasteiger partial charge is 0.478 e. The second kappa shape index (κ2) is 10.7. The van der Waals surface area contributed by atoms with E-state index in [0.29, 0.717) is 5.56 Å². The van der Waals surface area contributed by atoms with Crippen molar-refractivity contribution >= 4 is 23.9 Å². The summed E-state index contributed by atoms with van der Waals surface area (Å²) >= 11 is 0. The molecule has 2 N–H and O–H groups in total. The van der Waals surface area contributed by atoms with Crippen molar-refractivity contribution in [1.29, 1.82) is 0 Å². The van der Waals surface area contributed by atoms with Crippen molar-refractivity contribution < 1.29 is 24.2 Å². The molecule has 0 aliphatic rings. The predicted octanol–water partition coefficient (Wildman–Crippen LogP) is 4.18. The molecule has 0 saturated carbocycles. The average molecular weight is 429 g/mol. The van der Waals surface area contributed by atoms with Gasteiger partial charge in [-0.1, -0.05) is 72.8 Å². The van der Waals surface area contributed by atoms with Crippen molar-refractivity contribution in [3.8, 4) is 0 Å². The molecule has 0 fully saturated rings. The quantitative estimate of drug-likeness (QED) is 0.414. The molecule has 3 rings (SSSR count). The van der Waals surface area contributed by atoms with E-state index in [1.807, 2.05) is 31.2 Å². The minimum Gasteiger partial charge on any atom is -0.478 e. The van der Waals surface area contributed by atoms with Gasteiger partial charge in [-0.05, 0) is 41.8 Å². The second-order valence-electron chi connectivity index (χ2n) is 7.12. The maximum absolute atomic E-state index is 12.7. The highest BCUT2D eigenvalue weighted by Crippen LogP contribution is 2.21. The SMILES string of the molecule is Cc1ccccc1C=CC(=O)N[C@@H](c1ccccc1)C(OC(=O)c1ccccc1)C(=O)O. The number of carbonyl (C=O) groups excluding carboxylic acids is 2. The first-order valence-electron chi connectivity index (χ1n) is 10.0. The molecule has 0 spiro atoms. The van der Waals surface area contributed by atoms with Crippen LogP contribution in [0.1, 0.15) is 33.1 Å². The Morgan fingerprint density at radius 2 is 1.47 bits per heavy atom. The van der Waals surface area contributed by atoms with Crippen molar-refractivity contribution in [3.05, 3.63) is 113 Å². The van der Waals surface area contributed by atoms with Crippen LogP contribution in [0.2, 0.25) is 0 Å². The first-order valence-corrected chi connectivity index (χ1v) is 10.0. The van der Waals surface area contributed by atoms with Gasteiger partial charge in [0.1, 0.15) is 6.04 Å². The lowest BCUT2D eigenvalue weighted by Crippen LogP contribution is -2.42. The summed E-state index contributed by atoms with van der Waals surface area (Å²) < 4.78 is 5.32. The summed E-state index contributed by atoms with van der Waals surface area (Å²) in [4.78, 5) is 37.2. The van der Waals surface area contributed by atoms with Crippen LogP contribution < -0.4 is 5.32 Å². The number of carboxylic acid groups (broad SMARTS) is 1. The number of amides is 1. The first kappa shape index (κ1) is 22.5. The normalized spacial score (nSPS) is 12.7. The van der Waals surface area contributed by atoms with Gasteiger partial charge in [-0.25, -0.2) is 9.59 Å². The van der Waals surface area contributed by atoms with Gasteiger partial charge in [-0.3, -0.25) is 4.79 Å². The molecule has 0 heterocycles. The van der Waals surface area contributed by atoms with Crippen LogP contribution in [-0.2, 0) is 14.3 Å². The molecule has 0 saturated heterocycles. The van der Waals surface area contributed by atoms with E-state index in [-0.39, 0.29) is 5.56 Å². The van der Waals surface area contributed by atoms with Crippen LogP contribution in [0.3, 0.4) is 0 Å². The fourth-order valence-corrected chi connectivity index (χ4v) is 3.15. The maximum Gasteiger partial charge on any atom is 0.347 e. The summed E-state index contributed by atoms with van der Waals surface area (Å²) in [5.41, 5.74) is 2.58. The zero-order valence-electron chi connectivity index (χ0n) is 17.5. The monoisotopic (exact) mass is 429 g/mol. The number of nitrogens with one attached hydrogen (secondary N) is 1. The molecule has 0 aliphatic carbocycles. The highest BCUT2D eigenvalue weighted by atomic mass is 16.6. The zero-order valence-corrected chi connectivity index (χ0v) is 17.5. The third-order valence-corrected chi connectivity index (χ3v) is 4.85. The Balaban J connectivity index is 1.85. The van der Waals surface area contributed by atoms with Gasteiger partial charge in [0.25, 0.3) is 0 Å². The molecule has 162 valence electrons. The van der Waals surface area contributed by atoms with Gasteiger partial charge in [-0.15, -0.1) is 0 Å². The second-order valence-corrected chi connectivity index (χ2v) is 7.12. The Hall–Kier alpha value is -4.19. The summed E-state index contributed by atoms with van der Waals surface area (Å²) in [6.07, 6.45) is 1.36. The molecule has 32 heavy (non-hydrogen) atoms. The number of aliphatic carboxylic acids is 1. The Labute approximate surface area is 186 Å². The van der Waals surface area contributed by atoms with Gasteiger partial charge >= 0.3 is 11.9 Å². The van der Waals surface area contributed by atoms with Gasteiger partial charge in [0.05, 0.1) is 5.56 Å². The number of carbonyl (C=O) groups is 3. The molecule has 3 aromatic carbocycles. The molecule has 0 aromatic heterocycles. The zero-order chi connectivity index (χ0) is 22.9. The first-order chi connectivity index (χ1) is 15.5. The van der Waals surface area contributed by atoms with Crippen molar-refractivity contribution in [2.24, 2.45) is 0 Å². The Morgan fingerprint density at radius 1 is 0.875 bits per heavy atom. The van der Waals surface area contributed by atoms with Crippen LogP contribution in [0, 0.1) is 6.92 Å². The van der Waals surface area contributed by atoms with Crippen molar-refractivity contribution in [2.45, 2.75) is 19.1 Å². The van der Waals surface area contributed by atoms with Gasteiger partial charge in [-0.2, -0.15) is 0 Å². The molecule has 0 bridgehead atoms. The summed E-state index contributed by atoms with van der Waals surface area (Å²) in [5.74, 6) is -2.67. The van der Waals surface area contributed by atoms with Crippen LogP contribution in [0.5, 0.6) is 0 Å². The van der Waals surface area contributed by atoms with Crippen molar-refractivity contribution in [1.82, 2.24) is 5.32 Å². The van der Waals surface area contributed by atoms with Crippen LogP contribution in [0.25, 0.3) is 6.08 Å². The molecule has 6 nitrogen and oxygen atoms in total. The molecule has 3 aromatic rings. The summed E-state index contributed by atoms with van der Waals surface area (Å²) in [5, 5.41) is 12.5. The van der Waals surface area contributed by atoms with Gasteiger partial charge in [0, 0.05) is 6.08 Å². The summed E-state index contributed by atoms with van der Waals surface area (Å²) in [6, 6.07) is 23.1. The van der Waals surface area contributed by atoms with E-state index in [4.69, 9.17) is 4.74 Å². The minimum atomic E-state index is -1.62. The number of rotatable bonds is 8. The van der Waals surface area contributed by atoms with Crippen LogP contribution in [0.4, 0.5) is 0 Å². The number of benzene rings is 3. The average Bonchev–Trinajstić information content (AvgIpc) is 2.81. The molecule has 2 atom stereocenters. The fraction of sp³-hybridized carbons (Fsp3) is 0.115. The number of aryl methyl sites for hydroxylation is 1. The number of ether oxygens (including phenoxy) is 1. The smallest absolute Gasteiger partial charge is 0.347 e. The van der Waals surface area contributed by atoms with Crippen LogP contribution >= 0.6 is 0 Å². The fourth-order valence-electron chi connectivity index (χ4n) is 3.15. The third kappa shape index (κ3) is 5.92. The van der Waals surface area contributed by atoms with Crippen LogP contribution in [-0.4, -0.2) is 29.1 Å². The molecule has 6 heteroatoms. The summed E-state index contributed by atoms with van der Waals surface area (Å²) in [6.45, 7) is 1.92. The molecule has 0 aliphatic heterocycles. The third-order valence-electron chi connectivity index (χ3n) is 4.85. The lowest BCUT2D eigenvalue weighted by atomic mass is 10.0. The van der Waals surface area contributed by atoms with E-state index in [2.05, 4.69) is 5.32 Å². The highest BCUT2D eigenvalue weighted by Gasteiger charge is 2.34. The lowest BCUT2D eigenvalue weighted by molar-refractivity contribution is -0.149. The van der Waals surface area contributed by atoms with Gasteiger partial charge in [0.15, 0.2) is 0 Å². The van der Waals surface area contributed by atoms with E-state index >= 15 is 0 Å². The van der Waals surface area contributed by atoms with E-state index < -0.39 is 30.0 Å². The maximum atomic E-state index is 12.7. The van der Waals surface area contributed by atoms with E-state index in [1.165, 1.54) is 18.2 Å². The minimum absolute atomic E-state index is 0.219. The van der Waals surface area contributed by atoms with Crippen molar-refractivity contribution in [3.63, 3.8) is 0 Å². The molecule has 0 radical (unpaired) electrons. The molecule has 1 amide bonds. The van der Waals surface area contributed by atoms with Crippen LogP contribution in [0.15, 0.2) is 91.0 Å². The summed E-state index contributed by atoms with van der Waals surface area (Å²) in [7, 11) is 0. The number of esters is 1. The molecular formula is C26H23NO5. The van der Waals surface area contributed by atoms with Crippen molar-refractivity contribution in [2.75, 3.05) is 0 Å².